The molecule has 5 rings (SSSR count). The van der Waals surface area contributed by atoms with Crippen LogP contribution >= 0.6 is 0 Å². The molecule has 0 aromatic heterocycles. The van der Waals surface area contributed by atoms with Gasteiger partial charge in [-0.1, -0.05) is 0 Å². The molecule has 2 aliphatic rings. The Morgan fingerprint density at radius 2 is 1.15 bits per heavy atom. The van der Waals surface area contributed by atoms with Crippen LogP contribution in [0.4, 0.5) is 0 Å². The van der Waals surface area contributed by atoms with Crippen molar-refractivity contribution in [1.29, 1.82) is 0 Å². The zero-order chi connectivity index (χ0) is 26.9. The molecule has 3 aromatic rings. The number of halogens is 2. The number of hydrogen-bond acceptors (Lipinski definition) is 0. The first-order valence-corrected chi connectivity index (χ1v) is 17.7. The number of benzene rings is 3. The Labute approximate surface area is 261 Å². The van der Waals surface area contributed by atoms with E-state index in [1.165, 1.54) is 50.1 Å². The van der Waals surface area contributed by atoms with Gasteiger partial charge >= 0.3 is 238 Å². The van der Waals surface area contributed by atoms with Gasteiger partial charge in [0.15, 0.2) is 0 Å². The monoisotopic (exact) mass is 724 g/mol. The molecular formula is C36H42Cl2Hf. The summed E-state index contributed by atoms with van der Waals surface area (Å²) in [7, 11) is 0. The summed E-state index contributed by atoms with van der Waals surface area (Å²) in [5.74, 6) is 0. The molecular weight excluding hydrogens is 682 g/mol. The summed E-state index contributed by atoms with van der Waals surface area (Å²) in [4.78, 5) is 0. The Kier molecular flexibility index (Phi) is 9.44. The molecule has 0 amide bonds. The second-order valence-corrected chi connectivity index (χ2v) is 18.6. The summed E-state index contributed by atoms with van der Waals surface area (Å²) in [5.41, 5.74) is 18.2. The summed E-state index contributed by atoms with van der Waals surface area (Å²) in [6.45, 7) is 23.2. The van der Waals surface area contributed by atoms with Crippen LogP contribution in [0.15, 0.2) is 57.9 Å². The van der Waals surface area contributed by atoms with E-state index in [-0.39, 0.29) is 35.6 Å². The Hall–Kier alpha value is -1.41. The SMILES string of the molecule is Cc1cc(C2=[C]([Hf+2][CH]3c4cc(C(C)(C)C)ccc4-c4ccc(C(C)(C)C)cc43)CC=C2)c(C)c(C)c1C.[Cl-].[Cl-]. The van der Waals surface area contributed by atoms with Gasteiger partial charge in [-0.05, 0) is 0 Å². The molecule has 3 aromatic carbocycles. The fraction of sp³-hybridized carbons (Fsp3) is 0.389. The van der Waals surface area contributed by atoms with E-state index in [9.17, 15) is 0 Å². The van der Waals surface area contributed by atoms with E-state index >= 15 is 0 Å². The topological polar surface area (TPSA) is 0 Å². The predicted molar refractivity (Wildman–Crippen MR) is 157 cm³/mol. The summed E-state index contributed by atoms with van der Waals surface area (Å²) < 4.78 is 2.37. The van der Waals surface area contributed by atoms with Crippen molar-refractivity contribution in [2.75, 3.05) is 0 Å². The van der Waals surface area contributed by atoms with Crippen molar-refractivity contribution in [3.63, 3.8) is 0 Å². The Bertz CT molecular complexity index is 1410. The third kappa shape index (κ3) is 5.84. The molecule has 3 heteroatoms. The fourth-order valence-electron chi connectivity index (χ4n) is 5.91. The maximum absolute atomic E-state index is 2.57. The van der Waals surface area contributed by atoms with Crippen LogP contribution in [0.25, 0.3) is 16.7 Å². The molecule has 0 spiro atoms. The van der Waals surface area contributed by atoms with Crippen LogP contribution in [0.2, 0.25) is 0 Å². The van der Waals surface area contributed by atoms with Crippen molar-refractivity contribution in [2.24, 2.45) is 0 Å². The molecule has 39 heavy (non-hydrogen) atoms. The molecule has 0 aliphatic heterocycles. The van der Waals surface area contributed by atoms with Crippen LogP contribution in [0.1, 0.15) is 102 Å². The Morgan fingerprint density at radius 3 is 1.64 bits per heavy atom. The molecule has 0 heterocycles. The first kappa shape index (κ1) is 32.1. The van der Waals surface area contributed by atoms with Crippen molar-refractivity contribution < 1.29 is 47.7 Å². The third-order valence-corrected chi connectivity index (χ3v) is 15.0. The minimum Gasteiger partial charge on any atom is -1.00 e. The molecule has 0 N–H and O–H groups in total. The second-order valence-electron chi connectivity index (χ2n) is 13.3. The summed E-state index contributed by atoms with van der Waals surface area (Å²) in [6, 6.07) is 17.2. The van der Waals surface area contributed by atoms with Crippen LogP contribution in [0, 0.1) is 27.7 Å². The number of hydrogen-bond donors (Lipinski definition) is 0. The van der Waals surface area contributed by atoms with Crippen LogP contribution in [0.5, 0.6) is 0 Å². The molecule has 0 nitrogen and oxygen atoms in total. The third-order valence-electron chi connectivity index (χ3n) is 8.77. The molecule has 0 saturated carbocycles. The van der Waals surface area contributed by atoms with Gasteiger partial charge in [-0.3, -0.25) is 0 Å². The van der Waals surface area contributed by atoms with E-state index in [0.29, 0.717) is 3.67 Å². The van der Waals surface area contributed by atoms with Crippen molar-refractivity contribution in [3.05, 3.63) is 108 Å². The smallest absolute Gasteiger partial charge is 1.00 e. The van der Waals surface area contributed by atoms with Gasteiger partial charge in [-0.15, -0.1) is 0 Å². The molecule has 0 bridgehead atoms. The standard InChI is InChI=1S/C21H25.C15H17.2ClH.Hf/c1-20(2,3)16-7-9-18-14(12-16)11-15-13-17(21(4,5)6)8-10-19(15)18;1-10-9-15(14-7-5-6-8-14)13(4)12(3)11(10)2;;;/h7-13H,1-6H3;5,7,9H,6H2,1-4H3;2*1H;/q;;;;+2/p-2. The van der Waals surface area contributed by atoms with E-state index < -0.39 is 22.9 Å². The van der Waals surface area contributed by atoms with E-state index in [4.69, 9.17) is 0 Å². The number of rotatable bonds is 3. The molecule has 0 unspecified atom stereocenters. The quantitative estimate of drug-likeness (QED) is 0.359. The molecule has 0 atom stereocenters. The first-order valence-electron chi connectivity index (χ1n) is 13.8. The van der Waals surface area contributed by atoms with Crippen molar-refractivity contribution >= 4 is 5.57 Å². The molecule has 0 radical (unpaired) electrons. The van der Waals surface area contributed by atoms with Crippen LogP contribution in [-0.2, 0) is 33.7 Å². The van der Waals surface area contributed by atoms with E-state index in [1.807, 2.05) is 0 Å². The van der Waals surface area contributed by atoms with E-state index in [0.717, 1.165) is 6.42 Å². The fourth-order valence-corrected chi connectivity index (χ4v) is 12.2. The first-order chi connectivity index (χ1) is 17.3. The minimum absolute atomic E-state index is 0. The average molecular weight is 724 g/mol. The van der Waals surface area contributed by atoms with Crippen LogP contribution < -0.4 is 24.8 Å². The van der Waals surface area contributed by atoms with Crippen LogP contribution in [-0.4, -0.2) is 0 Å². The molecule has 0 saturated heterocycles. The van der Waals surface area contributed by atoms with Gasteiger partial charge in [-0.25, -0.2) is 0 Å². The largest absolute Gasteiger partial charge is 1.00 e. The van der Waals surface area contributed by atoms with E-state index in [1.54, 1.807) is 20.0 Å². The van der Waals surface area contributed by atoms with Crippen molar-refractivity contribution in [1.82, 2.24) is 0 Å². The van der Waals surface area contributed by atoms with Gasteiger partial charge in [0.25, 0.3) is 0 Å². The number of allylic oxidation sites excluding steroid dienone is 4. The summed E-state index contributed by atoms with van der Waals surface area (Å²) in [5, 5.41) is 0. The Morgan fingerprint density at radius 1 is 0.641 bits per heavy atom. The maximum atomic E-state index is 2.57. The minimum atomic E-state index is -1.27. The molecule has 204 valence electrons. The van der Waals surface area contributed by atoms with Crippen molar-refractivity contribution in [2.45, 2.75) is 90.2 Å². The maximum Gasteiger partial charge on any atom is -1.00 e. The van der Waals surface area contributed by atoms with Gasteiger partial charge in [0.2, 0.25) is 0 Å². The van der Waals surface area contributed by atoms with E-state index in [2.05, 4.69) is 124 Å². The van der Waals surface area contributed by atoms with Crippen molar-refractivity contribution in [3.8, 4) is 11.1 Å². The van der Waals surface area contributed by atoms with Gasteiger partial charge < -0.3 is 24.8 Å². The number of fused-ring (bicyclic) bond motifs is 3. The second kappa shape index (κ2) is 11.5. The van der Waals surface area contributed by atoms with Gasteiger partial charge in [0, 0.05) is 0 Å². The van der Waals surface area contributed by atoms with Gasteiger partial charge in [-0.2, -0.15) is 0 Å². The number of aryl methyl sites for hydroxylation is 1. The van der Waals surface area contributed by atoms with Gasteiger partial charge in [0.05, 0.1) is 0 Å². The van der Waals surface area contributed by atoms with Gasteiger partial charge in [0.1, 0.15) is 0 Å². The molecule has 0 fully saturated rings. The molecule has 2 aliphatic carbocycles. The van der Waals surface area contributed by atoms with Crippen LogP contribution in [0.3, 0.4) is 0 Å². The zero-order valence-electron chi connectivity index (χ0n) is 25.2. The summed E-state index contributed by atoms with van der Waals surface area (Å²) in [6.07, 6.45) is 6.01. The predicted octanol–water partition coefficient (Wildman–Crippen LogP) is 4.05. The normalized spacial score (nSPS) is 14.5. The average Bonchev–Trinajstić information content (AvgIpc) is 3.41. The Balaban J connectivity index is 0.00000210. The summed E-state index contributed by atoms with van der Waals surface area (Å²) >= 11 is -1.27. The zero-order valence-corrected chi connectivity index (χ0v) is 30.3.